The molecule has 4 aromatic rings. The van der Waals surface area contributed by atoms with Crippen LogP contribution >= 0.6 is 0 Å². The molecule has 2 heterocycles. The maximum atomic E-state index is 11.8. The number of phenols is 1. The lowest BCUT2D eigenvalue weighted by molar-refractivity contribution is -0.307. The Labute approximate surface area is 177 Å². The van der Waals surface area contributed by atoms with Gasteiger partial charge in [0.15, 0.2) is 11.5 Å². The Kier molecular flexibility index (Phi) is 5.44. The van der Waals surface area contributed by atoms with Crippen molar-refractivity contribution >= 4 is 16.9 Å². The van der Waals surface area contributed by atoms with Crippen molar-refractivity contribution in [2.45, 2.75) is 19.4 Å². The van der Waals surface area contributed by atoms with E-state index in [1.807, 2.05) is 25.1 Å². The van der Waals surface area contributed by atoms with Gasteiger partial charge in [-0.3, -0.25) is 4.99 Å². The Hall–Kier alpha value is -4.07. The van der Waals surface area contributed by atoms with Crippen LogP contribution in [0.1, 0.15) is 11.3 Å². The van der Waals surface area contributed by atoms with Crippen LogP contribution in [-0.2, 0) is 11.2 Å². The number of aryl methyl sites for hydroxylation is 1. The summed E-state index contributed by atoms with van der Waals surface area (Å²) < 4.78 is 11.2. The number of benzene rings is 2. The molecule has 0 spiro atoms. The van der Waals surface area contributed by atoms with E-state index < -0.39 is 12.0 Å². The predicted octanol–water partition coefficient (Wildman–Crippen LogP) is 2.11. The summed E-state index contributed by atoms with van der Waals surface area (Å²) in [5.74, 6) is -0.540. The monoisotopic (exact) mass is 418 g/mol. The Bertz CT molecular complexity index is 1310. The number of rotatable bonds is 6. The Morgan fingerprint density at radius 1 is 1.29 bits per heavy atom. The number of fused-ring (bicyclic) bond motifs is 1. The van der Waals surface area contributed by atoms with E-state index in [2.05, 4.69) is 15.0 Å². The number of carboxylic acids is 1. The molecule has 0 aliphatic heterocycles. The quantitative estimate of drug-likeness (QED) is 0.494. The molecule has 1 unspecified atom stereocenters. The van der Waals surface area contributed by atoms with E-state index in [9.17, 15) is 15.0 Å². The minimum Gasteiger partial charge on any atom is -0.548 e. The third-order valence-electron chi connectivity index (χ3n) is 4.90. The molecule has 0 radical (unpaired) electrons. The lowest BCUT2D eigenvalue weighted by atomic mass is 10.1. The molecule has 0 amide bonds. The van der Waals surface area contributed by atoms with E-state index in [1.165, 1.54) is 19.5 Å². The number of ether oxygens (including phenoxy) is 1. The van der Waals surface area contributed by atoms with Crippen LogP contribution in [0.4, 0.5) is 0 Å². The summed E-state index contributed by atoms with van der Waals surface area (Å²) in [5.41, 5.74) is 2.82. The number of hydrogen-bond acceptors (Lipinski definition) is 7. The molecule has 8 heteroatoms. The van der Waals surface area contributed by atoms with Gasteiger partial charge in [-0.2, -0.15) is 0 Å². The minimum absolute atomic E-state index is 0.00384. The Morgan fingerprint density at radius 3 is 2.84 bits per heavy atom. The maximum absolute atomic E-state index is 11.8. The molecule has 0 aliphatic carbocycles. The first kappa shape index (κ1) is 20.2. The van der Waals surface area contributed by atoms with Crippen LogP contribution in [0.25, 0.3) is 22.3 Å². The van der Waals surface area contributed by atoms with E-state index >= 15 is 0 Å². The Morgan fingerprint density at radius 2 is 2.13 bits per heavy atom. The second kappa shape index (κ2) is 8.35. The van der Waals surface area contributed by atoms with Gasteiger partial charge in [-0.05, 0) is 37.3 Å². The highest BCUT2D eigenvalue weighted by Gasteiger charge is 2.13. The number of aromatic amines is 1. The van der Waals surface area contributed by atoms with Crippen molar-refractivity contribution in [3.63, 3.8) is 0 Å². The molecular weight excluding hydrogens is 398 g/mol. The van der Waals surface area contributed by atoms with Gasteiger partial charge in [-0.1, -0.05) is 11.6 Å². The van der Waals surface area contributed by atoms with E-state index in [4.69, 9.17) is 9.15 Å². The standard InChI is InChI=1S/C23H21N3O5/c1-13-3-6-20-16(7-13)17(26-18(23(28)29)9-15-11-24-12-25-15)10-21(31-20)14-4-5-19(27)22(8-14)30-2/h3-8,10-12,18,27H,9H2,1-2H3,(H,24,25)(H,28,29)/p-1. The zero-order valence-corrected chi connectivity index (χ0v) is 17.0. The van der Waals surface area contributed by atoms with Crippen molar-refractivity contribution in [1.82, 2.24) is 9.97 Å². The molecule has 0 bridgehead atoms. The van der Waals surface area contributed by atoms with Crippen LogP contribution in [0.15, 0.2) is 64.4 Å². The van der Waals surface area contributed by atoms with Crippen LogP contribution in [0.5, 0.6) is 11.5 Å². The van der Waals surface area contributed by atoms with E-state index in [0.29, 0.717) is 39.1 Å². The lowest BCUT2D eigenvalue weighted by Crippen LogP contribution is -2.37. The van der Waals surface area contributed by atoms with Crippen molar-refractivity contribution in [3.05, 3.63) is 71.6 Å². The summed E-state index contributed by atoms with van der Waals surface area (Å²) in [6.45, 7) is 1.93. The minimum atomic E-state index is -1.29. The second-order valence-corrected chi connectivity index (χ2v) is 7.13. The van der Waals surface area contributed by atoms with E-state index in [1.54, 1.807) is 24.4 Å². The van der Waals surface area contributed by atoms with Crippen LogP contribution < -0.4 is 15.2 Å². The number of H-pyrrole nitrogens is 1. The van der Waals surface area contributed by atoms with Gasteiger partial charge in [-0.25, -0.2) is 4.98 Å². The summed E-state index contributed by atoms with van der Waals surface area (Å²) in [6.07, 6.45) is 3.16. The molecule has 158 valence electrons. The first-order valence-corrected chi connectivity index (χ1v) is 9.58. The average molecular weight is 418 g/mol. The highest BCUT2D eigenvalue weighted by Crippen LogP contribution is 2.32. The fourth-order valence-electron chi connectivity index (χ4n) is 3.32. The number of nitrogens with one attached hydrogen (secondary N) is 1. The molecule has 0 aliphatic rings. The van der Waals surface area contributed by atoms with Crippen molar-refractivity contribution in [1.29, 1.82) is 0 Å². The molecule has 2 N–H and O–H groups in total. The summed E-state index contributed by atoms with van der Waals surface area (Å²) in [4.78, 5) is 23.1. The van der Waals surface area contributed by atoms with Crippen LogP contribution in [0.2, 0.25) is 0 Å². The predicted molar refractivity (Wildman–Crippen MR) is 111 cm³/mol. The zero-order chi connectivity index (χ0) is 22.0. The summed E-state index contributed by atoms with van der Waals surface area (Å²) in [6, 6.07) is 11.0. The zero-order valence-electron chi connectivity index (χ0n) is 17.0. The third kappa shape index (κ3) is 4.28. The summed E-state index contributed by atoms with van der Waals surface area (Å²) >= 11 is 0. The van der Waals surface area contributed by atoms with Gasteiger partial charge in [-0.15, -0.1) is 0 Å². The molecular formula is C23H20N3O5-. The largest absolute Gasteiger partial charge is 0.548 e. The molecule has 8 nitrogen and oxygen atoms in total. The molecule has 0 saturated carbocycles. The molecule has 4 rings (SSSR count). The number of imidazole rings is 1. The summed E-state index contributed by atoms with van der Waals surface area (Å²) in [7, 11) is 1.46. The molecule has 0 fully saturated rings. The average Bonchev–Trinajstić information content (AvgIpc) is 3.27. The van der Waals surface area contributed by atoms with E-state index in [0.717, 1.165) is 5.56 Å². The first-order valence-electron chi connectivity index (χ1n) is 9.58. The molecule has 0 saturated heterocycles. The number of aromatic hydroxyl groups is 1. The number of hydrogen-bond donors (Lipinski definition) is 2. The van der Waals surface area contributed by atoms with Crippen molar-refractivity contribution in [3.8, 4) is 22.8 Å². The highest BCUT2D eigenvalue weighted by atomic mass is 16.5. The Balaban J connectivity index is 1.91. The molecule has 2 aromatic heterocycles. The molecule has 31 heavy (non-hydrogen) atoms. The van der Waals surface area contributed by atoms with Gasteiger partial charge in [0.25, 0.3) is 0 Å². The number of carbonyl (C=O) groups is 1. The SMILES string of the molecule is COc1cc(-c2cc(=NC(Cc3cnc[nH]3)C(=O)[O-])c3cc(C)ccc3o2)ccc1O. The van der Waals surface area contributed by atoms with Gasteiger partial charge in [0, 0.05) is 35.3 Å². The van der Waals surface area contributed by atoms with E-state index in [-0.39, 0.29) is 12.2 Å². The number of carboxylic acid groups (broad SMARTS) is 1. The number of nitrogens with zero attached hydrogens (tertiary/aromatic N) is 2. The lowest BCUT2D eigenvalue weighted by Gasteiger charge is -2.13. The van der Waals surface area contributed by atoms with Crippen molar-refractivity contribution in [2.24, 2.45) is 4.99 Å². The number of methoxy groups -OCH3 is 1. The fourth-order valence-corrected chi connectivity index (χ4v) is 3.32. The van der Waals surface area contributed by atoms with Gasteiger partial charge in [0.1, 0.15) is 11.3 Å². The van der Waals surface area contributed by atoms with Gasteiger partial charge < -0.3 is 29.1 Å². The number of carbonyl (C=O) groups excluding carboxylic acids is 1. The fraction of sp³-hybridized carbons (Fsp3) is 0.174. The summed E-state index contributed by atoms with van der Waals surface area (Å²) in [5, 5.41) is 22.8. The topological polar surface area (TPSA) is 124 Å². The molecule has 2 aromatic carbocycles. The van der Waals surface area contributed by atoms with Crippen molar-refractivity contribution < 1.29 is 24.2 Å². The van der Waals surface area contributed by atoms with Gasteiger partial charge in [0.2, 0.25) is 0 Å². The normalized spacial score (nSPS) is 12.8. The number of phenolic OH excluding ortho intramolecular Hbond substituents is 1. The molecule has 1 atom stereocenters. The third-order valence-corrected chi connectivity index (χ3v) is 4.90. The first-order chi connectivity index (χ1) is 14.9. The highest BCUT2D eigenvalue weighted by molar-refractivity contribution is 5.80. The van der Waals surface area contributed by atoms with Crippen molar-refractivity contribution in [2.75, 3.05) is 7.11 Å². The van der Waals surface area contributed by atoms with Crippen LogP contribution in [0, 0.1) is 6.92 Å². The second-order valence-electron chi connectivity index (χ2n) is 7.13. The van der Waals surface area contributed by atoms with Gasteiger partial charge >= 0.3 is 0 Å². The number of aliphatic carboxylic acids is 1. The van der Waals surface area contributed by atoms with Gasteiger partial charge in [0.05, 0.1) is 30.8 Å². The van der Waals surface area contributed by atoms with Crippen LogP contribution in [-0.4, -0.2) is 34.2 Å². The van der Waals surface area contributed by atoms with Crippen LogP contribution in [0.3, 0.4) is 0 Å². The smallest absolute Gasteiger partial charge is 0.161 e. The number of aromatic nitrogens is 2. The maximum Gasteiger partial charge on any atom is 0.161 e.